The van der Waals surface area contributed by atoms with Crippen LogP contribution in [0.3, 0.4) is 0 Å². The van der Waals surface area contributed by atoms with Crippen molar-refractivity contribution in [3.8, 4) is 5.75 Å². The molecule has 0 saturated carbocycles. The highest BCUT2D eigenvalue weighted by molar-refractivity contribution is 5.77. The summed E-state index contributed by atoms with van der Waals surface area (Å²) in [5.74, 6) is 0.0674. The molecule has 1 aromatic carbocycles. The van der Waals surface area contributed by atoms with Gasteiger partial charge >= 0.3 is 0 Å². The van der Waals surface area contributed by atoms with Crippen molar-refractivity contribution in [1.29, 1.82) is 0 Å². The maximum Gasteiger partial charge on any atom is 0.221 e. The summed E-state index contributed by atoms with van der Waals surface area (Å²) in [6.07, 6.45) is 0.121. The summed E-state index contributed by atoms with van der Waals surface area (Å²) < 4.78 is 4.89. The van der Waals surface area contributed by atoms with Crippen LogP contribution < -0.4 is 10.5 Å². The van der Waals surface area contributed by atoms with Gasteiger partial charge in [-0.3, -0.25) is 4.79 Å². The van der Waals surface area contributed by atoms with E-state index in [0.717, 1.165) is 0 Å². The van der Waals surface area contributed by atoms with Gasteiger partial charge in [-0.25, -0.2) is 0 Å². The number of ether oxygens (including phenoxy) is 1. The molecule has 0 aliphatic heterocycles. The summed E-state index contributed by atoms with van der Waals surface area (Å²) in [5.41, 5.74) is 5.72. The number of aliphatic hydroxyl groups excluding tert-OH is 1. The minimum atomic E-state index is -0.422. The third kappa shape index (κ3) is 2.76. The van der Waals surface area contributed by atoms with Crippen LogP contribution in [-0.2, 0) is 11.2 Å². The molecule has 13 heavy (non-hydrogen) atoms. The van der Waals surface area contributed by atoms with Crippen molar-refractivity contribution in [2.24, 2.45) is 5.73 Å². The zero-order valence-corrected chi connectivity index (χ0v) is 7.06. The number of amides is 1. The first-order chi connectivity index (χ1) is 6.24. The monoisotopic (exact) mass is 181 g/mol. The van der Waals surface area contributed by atoms with Crippen LogP contribution >= 0.6 is 0 Å². The van der Waals surface area contributed by atoms with Crippen molar-refractivity contribution in [3.05, 3.63) is 29.8 Å². The van der Waals surface area contributed by atoms with Crippen LogP contribution in [0, 0.1) is 0 Å². The summed E-state index contributed by atoms with van der Waals surface area (Å²) in [7, 11) is 0. The molecule has 1 amide bonds. The maximum absolute atomic E-state index is 10.6. The third-order valence-electron chi connectivity index (χ3n) is 1.56. The summed E-state index contributed by atoms with van der Waals surface area (Å²) in [6.45, 7) is -0.407. The number of para-hydroxylation sites is 1. The molecule has 3 N–H and O–H groups in total. The second-order valence-electron chi connectivity index (χ2n) is 2.52. The molecule has 0 aliphatic rings. The Morgan fingerprint density at radius 2 is 2.15 bits per heavy atom. The summed E-state index contributed by atoms with van der Waals surface area (Å²) >= 11 is 0. The first-order valence-electron chi connectivity index (χ1n) is 3.84. The molecule has 0 spiro atoms. The fourth-order valence-corrected chi connectivity index (χ4v) is 1.05. The minimum absolute atomic E-state index is 0.121. The highest BCUT2D eigenvalue weighted by atomic mass is 16.6. The predicted molar refractivity (Wildman–Crippen MR) is 47.1 cm³/mol. The summed E-state index contributed by atoms with van der Waals surface area (Å²) in [5, 5.41) is 8.54. The second kappa shape index (κ2) is 4.47. The maximum atomic E-state index is 10.6. The van der Waals surface area contributed by atoms with Gasteiger partial charge in [0.1, 0.15) is 5.75 Å². The molecular formula is C9H11NO3. The molecule has 1 rings (SSSR count). The van der Waals surface area contributed by atoms with Crippen molar-refractivity contribution >= 4 is 5.91 Å². The van der Waals surface area contributed by atoms with E-state index >= 15 is 0 Å². The molecule has 0 aromatic heterocycles. The number of carbonyl (C=O) groups excluding carboxylic acids is 1. The lowest BCUT2D eigenvalue weighted by Gasteiger charge is -2.06. The van der Waals surface area contributed by atoms with Gasteiger partial charge in [0.25, 0.3) is 0 Å². The van der Waals surface area contributed by atoms with Crippen molar-refractivity contribution in [1.82, 2.24) is 0 Å². The Kier molecular flexibility index (Phi) is 3.28. The molecule has 1 aromatic rings. The summed E-state index contributed by atoms with van der Waals surface area (Å²) in [4.78, 5) is 10.6. The molecule has 0 atom stereocenters. The Hall–Kier alpha value is -1.55. The number of hydrogen-bond acceptors (Lipinski definition) is 3. The molecule has 0 saturated heterocycles. The highest BCUT2D eigenvalue weighted by Gasteiger charge is 2.04. The first kappa shape index (κ1) is 9.54. The van der Waals surface area contributed by atoms with Gasteiger partial charge < -0.3 is 15.6 Å². The SMILES string of the molecule is NC(=O)Cc1ccccc1OCO. The van der Waals surface area contributed by atoms with Crippen LogP contribution in [0.15, 0.2) is 24.3 Å². The predicted octanol–water partition coefficient (Wildman–Crippen LogP) is 0.0430. The molecular weight excluding hydrogens is 170 g/mol. The fraction of sp³-hybridized carbons (Fsp3) is 0.222. The zero-order valence-electron chi connectivity index (χ0n) is 7.06. The third-order valence-corrected chi connectivity index (χ3v) is 1.56. The molecule has 4 heteroatoms. The first-order valence-corrected chi connectivity index (χ1v) is 3.84. The largest absolute Gasteiger partial charge is 0.467 e. The molecule has 0 unspecified atom stereocenters. The number of hydrogen-bond donors (Lipinski definition) is 2. The van der Waals surface area contributed by atoms with E-state index in [0.29, 0.717) is 11.3 Å². The lowest BCUT2D eigenvalue weighted by molar-refractivity contribution is -0.117. The van der Waals surface area contributed by atoms with E-state index in [1.807, 2.05) is 0 Å². The number of rotatable bonds is 4. The molecule has 4 nitrogen and oxygen atoms in total. The van der Waals surface area contributed by atoms with E-state index < -0.39 is 12.7 Å². The lowest BCUT2D eigenvalue weighted by Crippen LogP contribution is -2.14. The average molecular weight is 181 g/mol. The molecule has 0 radical (unpaired) electrons. The van der Waals surface area contributed by atoms with Crippen molar-refractivity contribution in [2.75, 3.05) is 6.79 Å². The molecule has 70 valence electrons. The van der Waals surface area contributed by atoms with E-state index in [1.54, 1.807) is 24.3 Å². The fourth-order valence-electron chi connectivity index (χ4n) is 1.05. The topological polar surface area (TPSA) is 72.6 Å². The van der Waals surface area contributed by atoms with E-state index in [4.69, 9.17) is 15.6 Å². The molecule has 0 aliphatic carbocycles. The Balaban J connectivity index is 2.84. The van der Waals surface area contributed by atoms with E-state index in [9.17, 15) is 4.79 Å². The van der Waals surface area contributed by atoms with Gasteiger partial charge in [-0.2, -0.15) is 0 Å². The van der Waals surface area contributed by atoms with Crippen molar-refractivity contribution in [2.45, 2.75) is 6.42 Å². The quantitative estimate of drug-likeness (QED) is 0.644. The second-order valence-corrected chi connectivity index (χ2v) is 2.52. The number of nitrogens with two attached hydrogens (primary N) is 1. The molecule has 0 heterocycles. The number of primary amides is 1. The van der Waals surface area contributed by atoms with Gasteiger partial charge in [0, 0.05) is 5.56 Å². The van der Waals surface area contributed by atoms with E-state index in [-0.39, 0.29) is 6.42 Å². The lowest BCUT2D eigenvalue weighted by atomic mass is 10.1. The van der Waals surface area contributed by atoms with E-state index in [2.05, 4.69) is 0 Å². The molecule has 0 bridgehead atoms. The smallest absolute Gasteiger partial charge is 0.221 e. The Bertz CT molecular complexity index is 299. The van der Waals surface area contributed by atoms with E-state index in [1.165, 1.54) is 0 Å². The van der Waals surface area contributed by atoms with Crippen molar-refractivity contribution in [3.63, 3.8) is 0 Å². The van der Waals surface area contributed by atoms with Crippen LogP contribution in [0.5, 0.6) is 5.75 Å². The van der Waals surface area contributed by atoms with Crippen LogP contribution in [-0.4, -0.2) is 17.8 Å². The van der Waals surface area contributed by atoms with Gasteiger partial charge in [0.2, 0.25) is 5.91 Å². The van der Waals surface area contributed by atoms with Gasteiger partial charge in [0.05, 0.1) is 6.42 Å². The van der Waals surface area contributed by atoms with Gasteiger partial charge in [-0.05, 0) is 6.07 Å². The van der Waals surface area contributed by atoms with Gasteiger partial charge in [-0.15, -0.1) is 0 Å². The Labute approximate surface area is 75.9 Å². The van der Waals surface area contributed by atoms with Gasteiger partial charge in [-0.1, -0.05) is 18.2 Å². The average Bonchev–Trinajstić information content (AvgIpc) is 2.08. The molecule has 0 fully saturated rings. The van der Waals surface area contributed by atoms with Crippen molar-refractivity contribution < 1.29 is 14.6 Å². The van der Waals surface area contributed by atoms with Crippen LogP contribution in [0.1, 0.15) is 5.56 Å². The highest BCUT2D eigenvalue weighted by Crippen LogP contribution is 2.17. The standard InChI is InChI=1S/C9H11NO3/c10-9(12)5-7-3-1-2-4-8(7)13-6-11/h1-4,11H,5-6H2,(H2,10,12). The van der Waals surface area contributed by atoms with Gasteiger partial charge in [0.15, 0.2) is 6.79 Å². The number of aliphatic hydroxyl groups is 1. The van der Waals surface area contributed by atoms with Crippen LogP contribution in [0.25, 0.3) is 0 Å². The summed E-state index contributed by atoms with van der Waals surface area (Å²) in [6, 6.07) is 6.95. The normalized spacial score (nSPS) is 9.62. The minimum Gasteiger partial charge on any atom is -0.467 e. The van der Waals surface area contributed by atoms with Crippen LogP contribution in [0.4, 0.5) is 0 Å². The number of carbonyl (C=O) groups is 1. The van der Waals surface area contributed by atoms with Crippen LogP contribution in [0.2, 0.25) is 0 Å². The number of benzene rings is 1. The zero-order chi connectivity index (χ0) is 9.68. The Morgan fingerprint density at radius 3 is 2.77 bits per heavy atom. The Morgan fingerprint density at radius 1 is 1.46 bits per heavy atom.